The van der Waals surface area contributed by atoms with Crippen molar-refractivity contribution in [2.75, 3.05) is 13.1 Å². The van der Waals surface area contributed by atoms with Gasteiger partial charge in [0.05, 0.1) is 16.5 Å². The smallest absolute Gasteiger partial charge is 0.308 e. The zero-order valence-electron chi connectivity index (χ0n) is 8.97. The van der Waals surface area contributed by atoms with Crippen LogP contribution < -0.4 is 0 Å². The summed E-state index contributed by atoms with van der Waals surface area (Å²) in [5.41, 5.74) is 0.368. The highest BCUT2D eigenvalue weighted by Gasteiger charge is 2.31. The van der Waals surface area contributed by atoms with Gasteiger partial charge in [0.1, 0.15) is 0 Å². The molecule has 1 amide bonds. The summed E-state index contributed by atoms with van der Waals surface area (Å²) in [5.74, 6) is -1.57. The molecule has 1 aliphatic heterocycles. The molecular formula is C11H11ClN2O3. The molecule has 1 aliphatic rings. The predicted molar refractivity (Wildman–Crippen MR) is 60.9 cm³/mol. The Kier molecular flexibility index (Phi) is 3.28. The number of pyridine rings is 1. The Morgan fingerprint density at radius 1 is 1.53 bits per heavy atom. The zero-order chi connectivity index (χ0) is 12.4. The van der Waals surface area contributed by atoms with Crippen molar-refractivity contribution in [2.24, 2.45) is 5.92 Å². The van der Waals surface area contributed by atoms with Gasteiger partial charge in [0.15, 0.2) is 0 Å². The van der Waals surface area contributed by atoms with Crippen LogP contribution in [-0.4, -0.2) is 40.0 Å². The molecule has 2 rings (SSSR count). The van der Waals surface area contributed by atoms with Gasteiger partial charge in [-0.15, -0.1) is 0 Å². The lowest BCUT2D eigenvalue weighted by Gasteiger charge is -2.16. The van der Waals surface area contributed by atoms with Gasteiger partial charge in [-0.05, 0) is 12.5 Å². The Morgan fingerprint density at radius 3 is 2.88 bits per heavy atom. The molecule has 1 aromatic rings. The first-order chi connectivity index (χ1) is 8.09. The number of halogens is 1. The van der Waals surface area contributed by atoms with Crippen molar-refractivity contribution >= 4 is 23.5 Å². The quantitative estimate of drug-likeness (QED) is 0.863. The van der Waals surface area contributed by atoms with E-state index in [0.717, 1.165) is 0 Å². The van der Waals surface area contributed by atoms with Gasteiger partial charge in [-0.2, -0.15) is 0 Å². The second-order valence-electron chi connectivity index (χ2n) is 3.93. The average Bonchev–Trinajstić information content (AvgIpc) is 2.78. The molecule has 2 heterocycles. The maximum Gasteiger partial charge on any atom is 0.308 e. The fraction of sp³-hybridized carbons (Fsp3) is 0.364. The monoisotopic (exact) mass is 254 g/mol. The molecular weight excluding hydrogens is 244 g/mol. The number of hydrogen-bond donors (Lipinski definition) is 1. The van der Waals surface area contributed by atoms with Gasteiger partial charge >= 0.3 is 5.97 Å². The molecule has 6 heteroatoms. The molecule has 1 N–H and O–H groups in total. The summed E-state index contributed by atoms with van der Waals surface area (Å²) in [4.78, 5) is 28.2. The molecule has 0 spiro atoms. The summed E-state index contributed by atoms with van der Waals surface area (Å²) in [7, 11) is 0. The van der Waals surface area contributed by atoms with Crippen LogP contribution in [0, 0.1) is 5.92 Å². The van der Waals surface area contributed by atoms with Crippen LogP contribution in [0.2, 0.25) is 5.02 Å². The van der Waals surface area contributed by atoms with Gasteiger partial charge in [0, 0.05) is 25.5 Å². The Labute approximate surface area is 103 Å². The van der Waals surface area contributed by atoms with Crippen LogP contribution in [-0.2, 0) is 4.79 Å². The maximum absolute atomic E-state index is 12.1. The summed E-state index contributed by atoms with van der Waals surface area (Å²) >= 11 is 5.87. The molecule has 1 fully saturated rings. The van der Waals surface area contributed by atoms with E-state index in [0.29, 0.717) is 18.5 Å². The van der Waals surface area contributed by atoms with Crippen molar-refractivity contribution in [1.82, 2.24) is 9.88 Å². The van der Waals surface area contributed by atoms with Crippen LogP contribution >= 0.6 is 11.6 Å². The molecule has 17 heavy (non-hydrogen) atoms. The predicted octanol–water partition coefficient (Wildman–Crippen LogP) is 1.28. The number of amides is 1. The highest BCUT2D eigenvalue weighted by Crippen LogP contribution is 2.21. The maximum atomic E-state index is 12.1. The van der Waals surface area contributed by atoms with Crippen LogP contribution in [0.25, 0.3) is 0 Å². The van der Waals surface area contributed by atoms with Crippen LogP contribution in [0.3, 0.4) is 0 Å². The largest absolute Gasteiger partial charge is 0.481 e. The van der Waals surface area contributed by atoms with Gasteiger partial charge in [-0.3, -0.25) is 14.6 Å². The SMILES string of the molecule is O=C(O)[C@@H]1CCN(C(=O)c2ccncc2Cl)C1. The van der Waals surface area contributed by atoms with Gasteiger partial charge in [0.2, 0.25) is 0 Å². The van der Waals surface area contributed by atoms with E-state index in [1.165, 1.54) is 17.3 Å². The highest BCUT2D eigenvalue weighted by molar-refractivity contribution is 6.33. The molecule has 0 aliphatic carbocycles. The van der Waals surface area contributed by atoms with Gasteiger partial charge in [-0.1, -0.05) is 11.6 Å². The van der Waals surface area contributed by atoms with Crippen molar-refractivity contribution in [1.29, 1.82) is 0 Å². The van der Waals surface area contributed by atoms with Gasteiger partial charge in [-0.25, -0.2) is 0 Å². The number of carbonyl (C=O) groups excluding carboxylic acids is 1. The molecule has 1 aromatic heterocycles. The van der Waals surface area contributed by atoms with Crippen LogP contribution in [0.5, 0.6) is 0 Å². The minimum atomic E-state index is -0.860. The zero-order valence-corrected chi connectivity index (χ0v) is 9.72. The van der Waals surface area contributed by atoms with E-state index in [-0.39, 0.29) is 17.5 Å². The third-order valence-electron chi connectivity index (χ3n) is 2.83. The summed E-state index contributed by atoms with van der Waals surface area (Å²) < 4.78 is 0. The molecule has 0 aromatic carbocycles. The first-order valence-electron chi connectivity index (χ1n) is 5.21. The lowest BCUT2D eigenvalue weighted by Crippen LogP contribution is -2.30. The highest BCUT2D eigenvalue weighted by atomic mass is 35.5. The number of carboxylic acid groups (broad SMARTS) is 1. The van der Waals surface area contributed by atoms with E-state index in [2.05, 4.69) is 4.98 Å². The van der Waals surface area contributed by atoms with Crippen molar-refractivity contribution in [3.8, 4) is 0 Å². The molecule has 0 saturated carbocycles. The van der Waals surface area contributed by atoms with Crippen LogP contribution in [0.4, 0.5) is 0 Å². The number of rotatable bonds is 2. The fourth-order valence-corrected chi connectivity index (χ4v) is 2.07. The van der Waals surface area contributed by atoms with Crippen molar-refractivity contribution in [3.05, 3.63) is 29.0 Å². The van der Waals surface area contributed by atoms with E-state index < -0.39 is 11.9 Å². The summed E-state index contributed by atoms with van der Waals surface area (Å²) in [6, 6.07) is 1.54. The molecule has 5 nitrogen and oxygen atoms in total. The minimum absolute atomic E-state index is 0.235. The number of hydrogen-bond acceptors (Lipinski definition) is 3. The summed E-state index contributed by atoms with van der Waals surface area (Å²) in [6.45, 7) is 0.696. The Hall–Kier alpha value is -1.62. The number of aromatic nitrogens is 1. The van der Waals surface area contributed by atoms with Crippen molar-refractivity contribution < 1.29 is 14.7 Å². The molecule has 90 valence electrons. The lowest BCUT2D eigenvalue weighted by atomic mass is 10.1. The standard InChI is InChI=1S/C11H11ClN2O3/c12-9-5-13-3-1-8(9)10(15)14-4-2-7(6-14)11(16)17/h1,3,5,7H,2,4,6H2,(H,16,17)/t7-/m1/s1. The second-order valence-corrected chi connectivity index (χ2v) is 4.34. The number of aliphatic carboxylic acids is 1. The van der Waals surface area contributed by atoms with Gasteiger partial charge in [0.25, 0.3) is 5.91 Å². The Morgan fingerprint density at radius 2 is 2.29 bits per heavy atom. The van der Waals surface area contributed by atoms with E-state index in [9.17, 15) is 9.59 Å². The first kappa shape index (κ1) is 11.9. The van der Waals surface area contributed by atoms with Crippen molar-refractivity contribution in [2.45, 2.75) is 6.42 Å². The summed E-state index contributed by atoms with van der Waals surface area (Å²) in [5, 5.41) is 9.15. The van der Waals surface area contributed by atoms with E-state index >= 15 is 0 Å². The molecule has 1 saturated heterocycles. The number of likely N-dealkylation sites (tertiary alicyclic amines) is 1. The normalized spacial score (nSPS) is 19.4. The van der Waals surface area contributed by atoms with E-state index in [1.807, 2.05) is 0 Å². The number of nitrogens with zero attached hydrogens (tertiary/aromatic N) is 2. The fourth-order valence-electron chi connectivity index (χ4n) is 1.87. The molecule has 0 bridgehead atoms. The van der Waals surface area contributed by atoms with Gasteiger partial charge < -0.3 is 10.0 Å². The van der Waals surface area contributed by atoms with Crippen molar-refractivity contribution in [3.63, 3.8) is 0 Å². The average molecular weight is 255 g/mol. The van der Waals surface area contributed by atoms with E-state index in [1.54, 1.807) is 6.07 Å². The van der Waals surface area contributed by atoms with Crippen LogP contribution in [0.1, 0.15) is 16.8 Å². The third kappa shape index (κ3) is 2.39. The number of carbonyl (C=O) groups is 2. The third-order valence-corrected chi connectivity index (χ3v) is 3.13. The molecule has 0 radical (unpaired) electrons. The lowest BCUT2D eigenvalue weighted by molar-refractivity contribution is -0.141. The topological polar surface area (TPSA) is 70.5 Å². The number of carboxylic acids is 1. The molecule has 1 atom stereocenters. The summed E-state index contributed by atoms with van der Waals surface area (Å²) in [6.07, 6.45) is 3.38. The first-order valence-corrected chi connectivity index (χ1v) is 5.59. The van der Waals surface area contributed by atoms with E-state index in [4.69, 9.17) is 16.7 Å². The van der Waals surface area contributed by atoms with Crippen LogP contribution in [0.15, 0.2) is 18.5 Å². The Bertz CT molecular complexity index is 464. The Balaban J connectivity index is 2.13. The molecule has 0 unspecified atom stereocenters. The second kappa shape index (κ2) is 4.71. The minimum Gasteiger partial charge on any atom is -0.481 e.